The molecule has 108 valence electrons. The molecule has 0 saturated heterocycles. The molecular formula is C16H12F2O2S. The van der Waals surface area contributed by atoms with E-state index in [9.17, 15) is 18.7 Å². The molecule has 0 unspecified atom stereocenters. The first kappa shape index (κ1) is 15.3. The summed E-state index contributed by atoms with van der Waals surface area (Å²) in [6.07, 6.45) is 3.37. The van der Waals surface area contributed by atoms with Gasteiger partial charge in [-0.25, -0.2) is 13.6 Å². The van der Waals surface area contributed by atoms with Gasteiger partial charge in [0, 0.05) is 4.90 Å². The molecule has 2 rings (SSSR count). The predicted molar refractivity (Wildman–Crippen MR) is 80.1 cm³/mol. The van der Waals surface area contributed by atoms with Crippen LogP contribution in [0.4, 0.5) is 8.78 Å². The maximum absolute atomic E-state index is 13.2. The van der Waals surface area contributed by atoms with Gasteiger partial charge in [-0.3, -0.25) is 0 Å². The van der Waals surface area contributed by atoms with Crippen LogP contribution in [0, 0.1) is 11.6 Å². The molecule has 0 radical (unpaired) electrons. The zero-order valence-corrected chi connectivity index (χ0v) is 12.0. The second kappa shape index (κ2) is 6.54. The molecule has 1 N–H and O–H groups in total. The van der Waals surface area contributed by atoms with Crippen molar-refractivity contribution in [1.29, 1.82) is 0 Å². The second-order valence-electron chi connectivity index (χ2n) is 4.27. The summed E-state index contributed by atoms with van der Waals surface area (Å²) >= 11 is 1.57. The van der Waals surface area contributed by atoms with Gasteiger partial charge in [-0.1, -0.05) is 18.2 Å². The molecule has 0 aliphatic carbocycles. The Hall–Kier alpha value is -2.14. The van der Waals surface area contributed by atoms with Crippen molar-refractivity contribution in [2.45, 2.75) is 4.90 Å². The van der Waals surface area contributed by atoms with E-state index in [-0.39, 0.29) is 11.1 Å². The van der Waals surface area contributed by atoms with E-state index in [1.165, 1.54) is 12.1 Å². The fraction of sp³-hybridized carbons (Fsp3) is 0.0625. The van der Waals surface area contributed by atoms with Crippen LogP contribution in [0.1, 0.15) is 11.1 Å². The van der Waals surface area contributed by atoms with Crippen LogP contribution in [-0.4, -0.2) is 17.3 Å². The first-order chi connectivity index (χ1) is 10.0. The highest BCUT2D eigenvalue weighted by molar-refractivity contribution is 7.98. The third kappa shape index (κ3) is 3.70. The minimum atomic E-state index is -1.20. The summed E-state index contributed by atoms with van der Waals surface area (Å²) in [6, 6.07) is 10.3. The van der Waals surface area contributed by atoms with Crippen molar-refractivity contribution in [3.05, 3.63) is 65.2 Å². The summed E-state index contributed by atoms with van der Waals surface area (Å²) < 4.78 is 26.2. The van der Waals surface area contributed by atoms with E-state index in [0.717, 1.165) is 17.0 Å². The Morgan fingerprint density at radius 1 is 1.10 bits per heavy atom. The summed E-state index contributed by atoms with van der Waals surface area (Å²) in [7, 11) is 0. The average Bonchev–Trinajstić information content (AvgIpc) is 2.48. The van der Waals surface area contributed by atoms with E-state index < -0.39 is 17.6 Å². The topological polar surface area (TPSA) is 37.3 Å². The Bertz CT molecular complexity index is 694. The lowest BCUT2D eigenvalue weighted by molar-refractivity contribution is -0.130. The summed E-state index contributed by atoms with van der Waals surface area (Å²) in [4.78, 5) is 12.4. The Labute approximate surface area is 125 Å². The fourth-order valence-corrected chi connectivity index (χ4v) is 2.21. The molecule has 2 aromatic rings. The van der Waals surface area contributed by atoms with E-state index in [4.69, 9.17) is 0 Å². The number of hydrogen-bond acceptors (Lipinski definition) is 2. The van der Waals surface area contributed by atoms with Gasteiger partial charge in [0.25, 0.3) is 0 Å². The van der Waals surface area contributed by atoms with Crippen molar-refractivity contribution >= 4 is 29.4 Å². The van der Waals surface area contributed by atoms with Crippen molar-refractivity contribution in [2.24, 2.45) is 0 Å². The highest BCUT2D eigenvalue weighted by Crippen LogP contribution is 2.22. The molecule has 0 atom stereocenters. The van der Waals surface area contributed by atoms with Gasteiger partial charge in [-0.05, 0) is 47.7 Å². The highest BCUT2D eigenvalue weighted by atomic mass is 32.2. The van der Waals surface area contributed by atoms with Gasteiger partial charge in [0.15, 0.2) is 11.6 Å². The number of carboxylic acid groups (broad SMARTS) is 1. The number of thioether (sulfide) groups is 1. The summed E-state index contributed by atoms with van der Waals surface area (Å²) in [5.41, 5.74) is 0.705. The summed E-state index contributed by atoms with van der Waals surface area (Å²) in [5.74, 6) is -3.28. The van der Waals surface area contributed by atoms with Crippen molar-refractivity contribution in [2.75, 3.05) is 6.26 Å². The Kier molecular flexibility index (Phi) is 4.75. The molecule has 0 bridgehead atoms. The molecule has 0 aromatic heterocycles. The minimum absolute atomic E-state index is 0.0919. The molecule has 0 heterocycles. The number of benzene rings is 2. The zero-order valence-electron chi connectivity index (χ0n) is 11.1. The van der Waals surface area contributed by atoms with E-state index in [1.807, 2.05) is 18.4 Å². The number of hydrogen-bond donors (Lipinski definition) is 1. The quantitative estimate of drug-likeness (QED) is 0.519. The number of halogens is 2. The Morgan fingerprint density at radius 3 is 2.29 bits per heavy atom. The van der Waals surface area contributed by atoms with Crippen molar-refractivity contribution in [3.63, 3.8) is 0 Å². The van der Waals surface area contributed by atoms with Crippen LogP contribution in [0.3, 0.4) is 0 Å². The lowest BCUT2D eigenvalue weighted by atomic mass is 10.0. The lowest BCUT2D eigenvalue weighted by Gasteiger charge is -2.04. The minimum Gasteiger partial charge on any atom is -0.478 e. The second-order valence-corrected chi connectivity index (χ2v) is 5.14. The first-order valence-electron chi connectivity index (χ1n) is 6.05. The predicted octanol–water partition coefficient (Wildman–Crippen LogP) is 4.31. The van der Waals surface area contributed by atoms with Gasteiger partial charge in [0.2, 0.25) is 0 Å². The molecule has 2 aromatic carbocycles. The molecule has 0 spiro atoms. The molecule has 2 nitrogen and oxygen atoms in total. The van der Waals surface area contributed by atoms with E-state index in [2.05, 4.69) is 0 Å². The Morgan fingerprint density at radius 2 is 1.76 bits per heavy atom. The van der Waals surface area contributed by atoms with Crippen LogP contribution in [0.2, 0.25) is 0 Å². The van der Waals surface area contributed by atoms with Gasteiger partial charge in [-0.2, -0.15) is 0 Å². The largest absolute Gasteiger partial charge is 0.478 e. The van der Waals surface area contributed by atoms with Crippen LogP contribution in [0.15, 0.2) is 47.4 Å². The van der Waals surface area contributed by atoms with Crippen molar-refractivity contribution in [1.82, 2.24) is 0 Å². The number of carbonyl (C=O) groups is 1. The van der Waals surface area contributed by atoms with Gasteiger partial charge in [-0.15, -0.1) is 11.8 Å². The number of aliphatic carboxylic acids is 1. The Balaban J connectivity index is 2.44. The van der Waals surface area contributed by atoms with Crippen LogP contribution >= 0.6 is 11.8 Å². The fourth-order valence-electron chi connectivity index (χ4n) is 1.80. The third-order valence-corrected chi connectivity index (χ3v) is 3.63. The van der Waals surface area contributed by atoms with Gasteiger partial charge >= 0.3 is 5.97 Å². The van der Waals surface area contributed by atoms with Crippen LogP contribution in [0.5, 0.6) is 0 Å². The molecule has 0 amide bonds. The monoisotopic (exact) mass is 306 g/mol. The van der Waals surface area contributed by atoms with Crippen molar-refractivity contribution < 1.29 is 18.7 Å². The van der Waals surface area contributed by atoms with Gasteiger partial charge < -0.3 is 5.11 Å². The average molecular weight is 306 g/mol. The van der Waals surface area contributed by atoms with E-state index >= 15 is 0 Å². The zero-order chi connectivity index (χ0) is 15.4. The molecule has 21 heavy (non-hydrogen) atoms. The molecule has 0 aliphatic heterocycles. The number of carboxylic acids is 1. The standard InChI is InChI=1S/C16H12F2O2S/c1-21-12-5-2-10(3-6-12)8-13(16(19)20)11-4-7-14(17)15(18)9-11/h2-9H,1H3,(H,19,20). The normalized spacial score (nSPS) is 11.5. The van der Waals surface area contributed by atoms with E-state index in [0.29, 0.717) is 5.56 Å². The molecule has 0 aliphatic rings. The van der Waals surface area contributed by atoms with Crippen LogP contribution < -0.4 is 0 Å². The highest BCUT2D eigenvalue weighted by Gasteiger charge is 2.13. The third-order valence-electron chi connectivity index (χ3n) is 2.89. The summed E-state index contributed by atoms with van der Waals surface area (Å²) in [6.45, 7) is 0. The molecule has 0 saturated carbocycles. The molecular weight excluding hydrogens is 294 g/mol. The van der Waals surface area contributed by atoms with E-state index in [1.54, 1.807) is 23.9 Å². The van der Waals surface area contributed by atoms with Gasteiger partial charge in [0.1, 0.15) is 0 Å². The van der Waals surface area contributed by atoms with Gasteiger partial charge in [0.05, 0.1) is 5.57 Å². The van der Waals surface area contributed by atoms with Crippen LogP contribution in [-0.2, 0) is 4.79 Å². The maximum Gasteiger partial charge on any atom is 0.336 e. The first-order valence-corrected chi connectivity index (χ1v) is 7.28. The van der Waals surface area contributed by atoms with Crippen LogP contribution in [0.25, 0.3) is 11.6 Å². The molecule has 5 heteroatoms. The van der Waals surface area contributed by atoms with Crippen molar-refractivity contribution in [3.8, 4) is 0 Å². The number of rotatable bonds is 4. The summed E-state index contributed by atoms with van der Waals surface area (Å²) in [5, 5.41) is 9.26. The smallest absolute Gasteiger partial charge is 0.336 e. The maximum atomic E-state index is 13.2. The lowest BCUT2D eigenvalue weighted by Crippen LogP contribution is -2.00. The SMILES string of the molecule is CSc1ccc(C=C(C(=O)O)c2ccc(F)c(F)c2)cc1. The molecule has 0 fully saturated rings.